The number of benzene rings is 1. The molecule has 0 aliphatic rings. The summed E-state index contributed by atoms with van der Waals surface area (Å²) in [6.07, 6.45) is 1.79. The third kappa shape index (κ3) is 2.00. The smallest absolute Gasteiger partial charge is 0.160 e. The third-order valence-corrected chi connectivity index (χ3v) is 2.92. The van der Waals surface area contributed by atoms with Crippen LogP contribution in [0, 0.1) is 18.6 Å². The molecule has 0 N–H and O–H groups in total. The van der Waals surface area contributed by atoms with E-state index in [0.717, 1.165) is 23.4 Å². The molecule has 2 nitrogen and oxygen atoms in total. The van der Waals surface area contributed by atoms with Crippen molar-refractivity contribution in [3.8, 4) is 5.69 Å². The molecular formula is C11H9BrF2N2. The maximum atomic E-state index is 13.0. The van der Waals surface area contributed by atoms with Gasteiger partial charge >= 0.3 is 0 Å². The van der Waals surface area contributed by atoms with Gasteiger partial charge in [-0.1, -0.05) is 15.9 Å². The summed E-state index contributed by atoms with van der Waals surface area (Å²) in [6.45, 7) is 1.87. The van der Waals surface area contributed by atoms with Gasteiger partial charge in [0.1, 0.15) is 0 Å². The maximum Gasteiger partial charge on any atom is 0.160 e. The van der Waals surface area contributed by atoms with E-state index >= 15 is 0 Å². The Hall–Kier alpha value is -1.23. The fourth-order valence-corrected chi connectivity index (χ4v) is 1.94. The van der Waals surface area contributed by atoms with Gasteiger partial charge in [0.05, 0.1) is 11.4 Å². The average molecular weight is 287 g/mol. The number of alkyl halides is 1. The number of aromatic nitrogens is 2. The van der Waals surface area contributed by atoms with Crippen LogP contribution in [0.2, 0.25) is 0 Å². The highest BCUT2D eigenvalue weighted by atomic mass is 79.9. The molecule has 0 aliphatic heterocycles. The van der Waals surface area contributed by atoms with Crippen LogP contribution in [0.15, 0.2) is 24.4 Å². The molecule has 1 heterocycles. The van der Waals surface area contributed by atoms with E-state index in [1.54, 1.807) is 6.20 Å². The topological polar surface area (TPSA) is 17.8 Å². The van der Waals surface area contributed by atoms with Crippen LogP contribution in [-0.2, 0) is 5.33 Å². The lowest BCUT2D eigenvalue weighted by Crippen LogP contribution is -1.96. The molecule has 2 rings (SSSR count). The molecule has 0 unspecified atom stereocenters. The maximum absolute atomic E-state index is 13.0. The summed E-state index contributed by atoms with van der Waals surface area (Å²) in [6, 6.07) is 3.71. The Labute approximate surface area is 100 Å². The second kappa shape index (κ2) is 4.33. The molecule has 16 heavy (non-hydrogen) atoms. The van der Waals surface area contributed by atoms with Crippen molar-refractivity contribution in [2.75, 3.05) is 0 Å². The van der Waals surface area contributed by atoms with Gasteiger partial charge < -0.3 is 0 Å². The highest BCUT2D eigenvalue weighted by Crippen LogP contribution is 2.16. The minimum atomic E-state index is -0.869. The van der Waals surface area contributed by atoms with Gasteiger partial charge in [-0.15, -0.1) is 0 Å². The average Bonchev–Trinajstić information content (AvgIpc) is 2.64. The van der Waals surface area contributed by atoms with Gasteiger partial charge in [-0.3, -0.25) is 0 Å². The summed E-state index contributed by atoms with van der Waals surface area (Å²) in [4.78, 5) is 0. The van der Waals surface area contributed by atoms with E-state index in [2.05, 4.69) is 21.0 Å². The number of hydrogen-bond donors (Lipinski definition) is 0. The molecule has 0 saturated carbocycles. The minimum absolute atomic E-state index is 0.509. The van der Waals surface area contributed by atoms with E-state index in [4.69, 9.17) is 0 Å². The number of rotatable bonds is 2. The molecule has 0 amide bonds. The van der Waals surface area contributed by atoms with E-state index in [0.29, 0.717) is 11.0 Å². The highest BCUT2D eigenvalue weighted by Gasteiger charge is 2.07. The van der Waals surface area contributed by atoms with Crippen LogP contribution in [-0.4, -0.2) is 9.78 Å². The Morgan fingerprint density at radius 2 is 2.06 bits per heavy atom. The summed E-state index contributed by atoms with van der Waals surface area (Å²) in [5, 5.41) is 4.90. The van der Waals surface area contributed by atoms with Crippen LogP contribution in [0.1, 0.15) is 11.3 Å². The molecule has 5 heteroatoms. The van der Waals surface area contributed by atoms with Crippen LogP contribution in [0.25, 0.3) is 5.69 Å². The SMILES string of the molecule is Cc1nn(-c2ccc(F)c(F)c2)cc1CBr. The molecule has 1 aromatic heterocycles. The van der Waals surface area contributed by atoms with Crippen LogP contribution >= 0.6 is 15.9 Å². The lowest BCUT2D eigenvalue weighted by atomic mass is 10.3. The predicted molar refractivity (Wildman–Crippen MR) is 60.8 cm³/mol. The van der Waals surface area contributed by atoms with Crippen molar-refractivity contribution in [1.82, 2.24) is 9.78 Å². The quantitative estimate of drug-likeness (QED) is 0.774. The van der Waals surface area contributed by atoms with Gasteiger partial charge in [0.25, 0.3) is 0 Å². The summed E-state index contributed by atoms with van der Waals surface area (Å²) in [5.74, 6) is -1.72. The predicted octanol–water partition coefficient (Wildman–Crippen LogP) is 3.35. The van der Waals surface area contributed by atoms with Crippen molar-refractivity contribution in [3.63, 3.8) is 0 Å². The Balaban J connectivity index is 2.46. The van der Waals surface area contributed by atoms with E-state index in [1.165, 1.54) is 10.7 Å². The van der Waals surface area contributed by atoms with Crippen LogP contribution < -0.4 is 0 Å². The van der Waals surface area contributed by atoms with Gasteiger partial charge in [0.2, 0.25) is 0 Å². The lowest BCUT2D eigenvalue weighted by Gasteiger charge is -2.01. The molecule has 1 aromatic carbocycles. The first-order valence-electron chi connectivity index (χ1n) is 4.68. The van der Waals surface area contributed by atoms with Crippen molar-refractivity contribution in [2.24, 2.45) is 0 Å². The fourth-order valence-electron chi connectivity index (χ4n) is 1.39. The lowest BCUT2D eigenvalue weighted by molar-refractivity contribution is 0.507. The van der Waals surface area contributed by atoms with Crippen LogP contribution in [0.3, 0.4) is 0 Å². The molecule has 0 aliphatic carbocycles. The summed E-state index contributed by atoms with van der Waals surface area (Å²) in [7, 11) is 0. The summed E-state index contributed by atoms with van der Waals surface area (Å²) in [5.41, 5.74) is 2.39. The van der Waals surface area contributed by atoms with Gasteiger partial charge in [0, 0.05) is 23.2 Å². The third-order valence-electron chi connectivity index (χ3n) is 2.31. The number of hydrogen-bond acceptors (Lipinski definition) is 1. The van der Waals surface area contributed by atoms with Crippen molar-refractivity contribution >= 4 is 15.9 Å². The van der Waals surface area contributed by atoms with E-state index in [1.807, 2.05) is 6.92 Å². The Morgan fingerprint density at radius 1 is 1.31 bits per heavy atom. The minimum Gasteiger partial charge on any atom is -0.240 e. The Kier molecular flexibility index (Phi) is 3.05. The molecule has 84 valence electrons. The van der Waals surface area contributed by atoms with Gasteiger partial charge in [-0.05, 0) is 19.1 Å². The molecule has 0 bridgehead atoms. The summed E-state index contributed by atoms with van der Waals surface area (Å²) >= 11 is 3.33. The van der Waals surface area contributed by atoms with E-state index < -0.39 is 11.6 Å². The van der Waals surface area contributed by atoms with Gasteiger partial charge in [-0.25, -0.2) is 13.5 Å². The Morgan fingerprint density at radius 3 is 2.62 bits per heavy atom. The zero-order valence-electron chi connectivity index (χ0n) is 8.54. The monoisotopic (exact) mass is 286 g/mol. The van der Waals surface area contributed by atoms with E-state index in [9.17, 15) is 8.78 Å². The van der Waals surface area contributed by atoms with Crippen LogP contribution in [0.5, 0.6) is 0 Å². The molecule has 2 aromatic rings. The first-order chi connectivity index (χ1) is 7.61. The molecule has 0 fully saturated rings. The number of nitrogens with zero attached hydrogens (tertiary/aromatic N) is 2. The fraction of sp³-hybridized carbons (Fsp3) is 0.182. The van der Waals surface area contributed by atoms with Gasteiger partial charge in [-0.2, -0.15) is 5.10 Å². The second-order valence-electron chi connectivity index (χ2n) is 3.42. The van der Waals surface area contributed by atoms with Crippen molar-refractivity contribution < 1.29 is 8.78 Å². The first kappa shape index (κ1) is 11.3. The van der Waals surface area contributed by atoms with Crippen molar-refractivity contribution in [2.45, 2.75) is 12.3 Å². The zero-order valence-corrected chi connectivity index (χ0v) is 10.1. The van der Waals surface area contributed by atoms with Crippen molar-refractivity contribution in [3.05, 3.63) is 47.3 Å². The molecule has 0 radical (unpaired) electrons. The molecular weight excluding hydrogens is 278 g/mol. The standard InChI is InChI=1S/C11H9BrF2N2/c1-7-8(5-12)6-16(15-7)9-2-3-10(13)11(14)4-9/h2-4,6H,5H2,1H3. The highest BCUT2D eigenvalue weighted by molar-refractivity contribution is 9.08. The number of halogens is 3. The summed E-state index contributed by atoms with van der Waals surface area (Å²) < 4.78 is 27.3. The molecule has 0 atom stereocenters. The zero-order chi connectivity index (χ0) is 11.7. The number of aryl methyl sites for hydroxylation is 1. The largest absolute Gasteiger partial charge is 0.240 e. The van der Waals surface area contributed by atoms with Crippen molar-refractivity contribution in [1.29, 1.82) is 0 Å². The molecule has 0 saturated heterocycles. The first-order valence-corrected chi connectivity index (χ1v) is 5.80. The van der Waals surface area contributed by atoms with E-state index in [-0.39, 0.29) is 0 Å². The Bertz CT molecular complexity index is 523. The van der Waals surface area contributed by atoms with Crippen LogP contribution in [0.4, 0.5) is 8.78 Å². The molecule has 0 spiro atoms. The second-order valence-corrected chi connectivity index (χ2v) is 3.98. The van der Waals surface area contributed by atoms with Gasteiger partial charge in [0.15, 0.2) is 11.6 Å². The normalized spacial score (nSPS) is 10.8.